The molecule has 0 bridgehead atoms. The Labute approximate surface area is 344 Å². The highest BCUT2D eigenvalue weighted by molar-refractivity contribution is 7.85. The minimum absolute atomic E-state index is 0.216. The molecule has 0 fully saturated rings. The Morgan fingerprint density at radius 3 is 1.65 bits per heavy atom. The average Bonchev–Trinajstić information content (AvgIpc) is 3.23. The normalized spacial score (nSPS) is 12.6. The molecule has 57 heavy (non-hydrogen) atoms. The van der Waals surface area contributed by atoms with Gasteiger partial charge in [-0.25, -0.2) is 8.42 Å². The summed E-state index contributed by atoms with van der Waals surface area (Å²) in [5.41, 5.74) is 10.0. The lowest BCUT2D eigenvalue weighted by molar-refractivity contribution is -0.439. The van der Waals surface area contributed by atoms with Crippen molar-refractivity contribution in [2.24, 2.45) is 0 Å². The Morgan fingerprint density at radius 2 is 1.11 bits per heavy atom. The maximum Gasteiger partial charge on any atom is 0.205 e. The Hall–Kier alpha value is -4.52. The van der Waals surface area contributed by atoms with Crippen LogP contribution in [0.4, 0.5) is 17.1 Å². The molecule has 0 spiro atoms. The van der Waals surface area contributed by atoms with Crippen LogP contribution in [-0.4, -0.2) is 36.3 Å². The van der Waals surface area contributed by atoms with E-state index in [2.05, 4.69) is 134 Å². The van der Waals surface area contributed by atoms with Gasteiger partial charge < -0.3 is 9.45 Å². The molecule has 0 heterocycles. The lowest BCUT2D eigenvalue weighted by Gasteiger charge is -2.26. The van der Waals surface area contributed by atoms with Crippen molar-refractivity contribution in [1.29, 1.82) is 0 Å². The fraction of sp³-hybridized carbons (Fsp3) is 0.392. The first-order valence-electron chi connectivity index (χ1n) is 21.6. The van der Waals surface area contributed by atoms with Crippen molar-refractivity contribution in [1.82, 2.24) is 0 Å². The van der Waals surface area contributed by atoms with Crippen molar-refractivity contribution in [2.45, 2.75) is 122 Å². The van der Waals surface area contributed by atoms with Gasteiger partial charge in [0.25, 0.3) is 0 Å². The summed E-state index contributed by atoms with van der Waals surface area (Å²) < 4.78 is 40.4. The third-order valence-corrected chi connectivity index (χ3v) is 11.9. The van der Waals surface area contributed by atoms with E-state index in [0.29, 0.717) is 11.1 Å². The van der Waals surface area contributed by atoms with Crippen LogP contribution < -0.4 is 4.90 Å². The molecule has 0 amide bonds. The van der Waals surface area contributed by atoms with Crippen LogP contribution in [0.5, 0.6) is 0 Å². The summed E-state index contributed by atoms with van der Waals surface area (Å²) >= 11 is 0. The number of unbranched alkanes of at least 4 members (excludes halogenated alkanes) is 8. The Bertz CT molecular complexity index is 2070. The number of aryl methyl sites for hydroxylation is 2. The minimum atomic E-state index is -4.74. The molecule has 5 rings (SSSR count). The number of allylic oxidation sites excluding steroid dienone is 5. The van der Waals surface area contributed by atoms with Crippen LogP contribution in [0, 0.1) is 0 Å². The van der Waals surface area contributed by atoms with Gasteiger partial charge in [-0.15, -0.1) is 0 Å². The first-order chi connectivity index (χ1) is 27.8. The van der Waals surface area contributed by atoms with Gasteiger partial charge >= 0.3 is 0 Å². The van der Waals surface area contributed by atoms with E-state index in [-0.39, 0.29) is 4.90 Å². The number of benzene rings is 4. The van der Waals surface area contributed by atoms with Gasteiger partial charge in [0.1, 0.15) is 16.7 Å². The van der Waals surface area contributed by atoms with Crippen LogP contribution in [0.3, 0.4) is 0 Å². The molecule has 0 saturated heterocycles. The summed E-state index contributed by atoms with van der Waals surface area (Å²) in [6.07, 6.45) is 24.9. The molecule has 0 aromatic heterocycles. The second-order valence-electron chi connectivity index (χ2n) is 15.4. The number of hydrogen-bond donors (Lipinski definition) is 0. The smallest absolute Gasteiger partial charge is 0.205 e. The predicted molar refractivity (Wildman–Crippen MR) is 240 cm³/mol. The monoisotopic (exact) mass is 784 g/mol. The van der Waals surface area contributed by atoms with Gasteiger partial charge in [-0.3, -0.25) is 0 Å². The van der Waals surface area contributed by atoms with Crippen LogP contribution in [-0.2, 0) is 23.0 Å². The predicted octanol–water partition coefficient (Wildman–Crippen LogP) is 13.3. The highest BCUT2D eigenvalue weighted by Gasteiger charge is 2.21. The maximum absolute atomic E-state index is 12.7. The van der Waals surface area contributed by atoms with Gasteiger partial charge in [-0.2, -0.15) is 4.58 Å². The van der Waals surface area contributed by atoms with Gasteiger partial charge in [0, 0.05) is 54.2 Å². The van der Waals surface area contributed by atoms with Crippen molar-refractivity contribution in [3.63, 3.8) is 0 Å². The molecule has 4 aromatic rings. The Morgan fingerprint density at radius 1 is 0.579 bits per heavy atom. The summed E-state index contributed by atoms with van der Waals surface area (Å²) in [5.74, 6) is 0. The van der Waals surface area contributed by atoms with E-state index in [9.17, 15) is 13.0 Å². The largest absolute Gasteiger partial charge is 0.744 e. The fourth-order valence-electron chi connectivity index (χ4n) is 7.63. The highest BCUT2D eigenvalue weighted by Crippen LogP contribution is 2.36. The zero-order chi connectivity index (χ0) is 40.5. The van der Waals surface area contributed by atoms with Crippen LogP contribution in [0.2, 0.25) is 0 Å². The van der Waals surface area contributed by atoms with Crippen LogP contribution in [0.25, 0.3) is 5.57 Å². The molecule has 0 radical (unpaired) electrons. The number of nitrogens with zero attached hydrogens (tertiary/aromatic N) is 2. The number of rotatable bonds is 22. The quantitative estimate of drug-likeness (QED) is 0.0452. The molecule has 0 atom stereocenters. The van der Waals surface area contributed by atoms with E-state index < -0.39 is 10.1 Å². The zero-order valence-corrected chi connectivity index (χ0v) is 35.7. The standard InChI is InChI=1S/C51H64N2O3S/c1-5-9-13-15-19-41-23-31-45(32-24-41)52(39-11-7-3)47-35-27-43(28-36-47)51(49-21-17-18-22-50(49)57(54,55)56)44-29-37-48(38-30-44)53(40-12-8-4)46-33-25-42(26-34-46)20-16-14-10-6-2/h17-18,21-38H,5-16,19-20,39-40H2,1-4H3. The summed E-state index contributed by atoms with van der Waals surface area (Å²) in [4.78, 5) is 2.15. The Balaban J connectivity index is 1.51. The molecule has 4 aromatic carbocycles. The van der Waals surface area contributed by atoms with Gasteiger partial charge in [0.05, 0.1) is 4.90 Å². The molecule has 6 heteroatoms. The van der Waals surface area contributed by atoms with E-state index in [0.717, 1.165) is 85.5 Å². The summed E-state index contributed by atoms with van der Waals surface area (Å²) in [7, 11) is -4.74. The summed E-state index contributed by atoms with van der Waals surface area (Å²) in [6.45, 7) is 10.7. The molecule has 0 aliphatic heterocycles. The summed E-state index contributed by atoms with van der Waals surface area (Å²) in [5, 5.41) is 0. The third-order valence-electron chi connectivity index (χ3n) is 11.0. The summed E-state index contributed by atoms with van der Waals surface area (Å²) in [6, 6.07) is 32.9. The van der Waals surface area contributed by atoms with Crippen molar-refractivity contribution >= 4 is 38.5 Å². The van der Waals surface area contributed by atoms with E-state index in [1.807, 2.05) is 0 Å². The molecule has 5 nitrogen and oxygen atoms in total. The van der Waals surface area contributed by atoms with Crippen molar-refractivity contribution in [3.8, 4) is 0 Å². The first kappa shape index (κ1) is 43.6. The molecule has 1 aliphatic rings. The van der Waals surface area contributed by atoms with Crippen LogP contribution in [0.15, 0.2) is 132 Å². The molecule has 302 valence electrons. The van der Waals surface area contributed by atoms with Gasteiger partial charge in [-0.05, 0) is 102 Å². The lowest BCUT2D eigenvalue weighted by atomic mass is 9.90. The SMILES string of the molecule is CCCCCCc1ccc(N(CCCC)c2ccc(C(=C3C=CC(=[N+](CCCC)c4ccc(CCCCCC)cc4)C=C3)c3ccccc3S(=O)(=O)[O-])cc2)cc1. The van der Waals surface area contributed by atoms with Crippen LogP contribution in [0.1, 0.15) is 127 Å². The number of hydrogen-bond acceptors (Lipinski definition) is 4. The maximum atomic E-state index is 12.7. The molecular formula is C51H64N2O3S. The van der Waals surface area contributed by atoms with Crippen molar-refractivity contribution in [2.75, 3.05) is 18.0 Å². The van der Waals surface area contributed by atoms with E-state index >= 15 is 0 Å². The zero-order valence-electron chi connectivity index (χ0n) is 34.9. The van der Waals surface area contributed by atoms with Crippen molar-refractivity contribution in [3.05, 3.63) is 149 Å². The van der Waals surface area contributed by atoms with E-state index in [1.165, 1.54) is 68.6 Å². The highest BCUT2D eigenvalue weighted by atomic mass is 32.2. The minimum Gasteiger partial charge on any atom is -0.744 e. The topological polar surface area (TPSA) is 63.5 Å². The second kappa shape index (κ2) is 22.4. The Kier molecular flexibility index (Phi) is 17.2. The van der Waals surface area contributed by atoms with Gasteiger partial charge in [-0.1, -0.05) is 134 Å². The van der Waals surface area contributed by atoms with Gasteiger partial charge in [0.2, 0.25) is 11.4 Å². The van der Waals surface area contributed by atoms with E-state index in [4.69, 9.17) is 0 Å². The van der Waals surface area contributed by atoms with Gasteiger partial charge in [0.15, 0.2) is 0 Å². The molecule has 1 aliphatic carbocycles. The van der Waals surface area contributed by atoms with Crippen LogP contribution >= 0.6 is 0 Å². The molecule has 0 saturated carbocycles. The van der Waals surface area contributed by atoms with Crippen molar-refractivity contribution < 1.29 is 17.5 Å². The molecule has 0 N–H and O–H groups in total. The average molecular weight is 785 g/mol. The second-order valence-corrected chi connectivity index (χ2v) is 16.7. The molecule has 0 unspecified atom stereocenters. The fourth-order valence-corrected chi connectivity index (χ4v) is 8.31. The molecular weight excluding hydrogens is 721 g/mol. The third kappa shape index (κ3) is 12.5. The number of anilines is 2. The lowest BCUT2D eigenvalue weighted by Crippen LogP contribution is -2.18. The van der Waals surface area contributed by atoms with E-state index in [1.54, 1.807) is 18.2 Å². The first-order valence-corrected chi connectivity index (χ1v) is 23.0.